The molecule has 14 nitrogen and oxygen atoms in total. The van der Waals surface area contributed by atoms with E-state index in [1.807, 2.05) is 75.6 Å². The van der Waals surface area contributed by atoms with Gasteiger partial charge in [0.05, 0.1) is 13.1 Å². The second-order valence-electron chi connectivity index (χ2n) is 19.3. The molecule has 68 heavy (non-hydrogen) atoms. The molecule has 0 saturated heterocycles. The van der Waals surface area contributed by atoms with Gasteiger partial charge in [0.2, 0.25) is 11.8 Å². The fourth-order valence-corrected chi connectivity index (χ4v) is 9.23. The van der Waals surface area contributed by atoms with Crippen molar-refractivity contribution >= 4 is 55.9 Å². The third kappa shape index (κ3) is 12.3. The van der Waals surface area contributed by atoms with Gasteiger partial charge in [-0.05, 0) is 114 Å². The van der Waals surface area contributed by atoms with E-state index in [1.54, 1.807) is 43.5 Å². The van der Waals surface area contributed by atoms with Gasteiger partial charge in [-0.1, -0.05) is 76.2 Å². The first-order chi connectivity index (χ1) is 32.2. The van der Waals surface area contributed by atoms with Crippen molar-refractivity contribution < 1.29 is 38.1 Å². The van der Waals surface area contributed by atoms with Crippen LogP contribution < -0.4 is 9.47 Å². The molecule has 6 unspecified atom stereocenters. The van der Waals surface area contributed by atoms with Crippen molar-refractivity contribution in [3.8, 4) is 22.9 Å². The Morgan fingerprint density at radius 3 is 1.54 bits per heavy atom. The average Bonchev–Trinajstić information content (AvgIpc) is 3.63. The molecule has 0 fully saturated rings. The van der Waals surface area contributed by atoms with Gasteiger partial charge in [-0.3, -0.25) is 9.59 Å². The molecule has 7 rings (SSSR count). The van der Waals surface area contributed by atoms with E-state index in [2.05, 4.69) is 86.9 Å². The number of halogens is 2. The van der Waals surface area contributed by atoms with E-state index in [9.17, 15) is 19.2 Å². The monoisotopic (exact) mass is 1060 g/mol. The molecule has 2 aromatic carbocycles. The molecule has 0 saturated carbocycles. The van der Waals surface area contributed by atoms with Gasteiger partial charge in [0, 0.05) is 78.4 Å². The van der Waals surface area contributed by atoms with E-state index in [0.29, 0.717) is 52.1 Å². The summed E-state index contributed by atoms with van der Waals surface area (Å²) in [7, 11) is 3.41. The van der Waals surface area contributed by atoms with Gasteiger partial charge >= 0.3 is 12.2 Å². The van der Waals surface area contributed by atoms with Crippen LogP contribution in [0.1, 0.15) is 113 Å². The number of carbonyl (C=O) groups excluding carboxylic acids is 4. The second-order valence-corrected chi connectivity index (χ2v) is 21.1. The lowest BCUT2D eigenvalue weighted by Crippen LogP contribution is -2.50. The first-order valence-electron chi connectivity index (χ1n) is 23.5. The molecule has 0 bridgehead atoms. The zero-order valence-corrected chi connectivity index (χ0v) is 44.3. The predicted octanol–water partition coefficient (Wildman–Crippen LogP) is 10.7. The van der Waals surface area contributed by atoms with Crippen molar-refractivity contribution in [1.82, 2.24) is 29.6 Å². The molecule has 4 aromatic rings. The number of ether oxygens (including phenoxy) is 4. The Morgan fingerprint density at radius 2 is 1.13 bits per heavy atom. The summed E-state index contributed by atoms with van der Waals surface area (Å²) < 4.78 is 25.2. The molecule has 6 atom stereocenters. The summed E-state index contributed by atoms with van der Waals surface area (Å²) in [5, 5.41) is 0. The first kappa shape index (κ1) is 52.2. The Labute approximate surface area is 418 Å². The van der Waals surface area contributed by atoms with Crippen molar-refractivity contribution in [2.75, 3.05) is 46.9 Å². The number of pyridine rings is 2. The van der Waals surface area contributed by atoms with Crippen molar-refractivity contribution in [3.05, 3.63) is 104 Å². The van der Waals surface area contributed by atoms with Gasteiger partial charge in [-0.25, -0.2) is 19.6 Å². The molecule has 2 aliphatic heterocycles. The number of aromatic nitrogens is 2. The molecule has 1 aliphatic carbocycles. The topological polar surface area (TPSA) is 144 Å². The summed E-state index contributed by atoms with van der Waals surface area (Å²) in [6, 6.07) is 20.2. The van der Waals surface area contributed by atoms with Crippen molar-refractivity contribution in [2.45, 2.75) is 111 Å². The summed E-state index contributed by atoms with van der Waals surface area (Å²) in [6.07, 6.45) is 3.39. The van der Waals surface area contributed by atoms with E-state index in [0.717, 1.165) is 12.8 Å². The highest BCUT2D eigenvalue weighted by Crippen LogP contribution is 2.44. The Morgan fingerprint density at radius 1 is 0.721 bits per heavy atom. The molecule has 0 N–H and O–H groups in total. The van der Waals surface area contributed by atoms with Crippen LogP contribution >= 0.6 is 31.9 Å². The van der Waals surface area contributed by atoms with E-state index in [-0.39, 0.29) is 66.3 Å². The van der Waals surface area contributed by atoms with E-state index in [1.165, 1.54) is 27.2 Å². The van der Waals surface area contributed by atoms with E-state index < -0.39 is 17.8 Å². The van der Waals surface area contributed by atoms with Crippen molar-refractivity contribution in [2.24, 2.45) is 11.8 Å². The van der Waals surface area contributed by atoms with Crippen LogP contribution in [0.5, 0.6) is 11.8 Å². The molecule has 0 spiro atoms. The number of hydrogen-bond acceptors (Lipinski definition) is 10. The zero-order valence-electron chi connectivity index (χ0n) is 41.1. The van der Waals surface area contributed by atoms with Gasteiger partial charge in [-0.15, -0.1) is 0 Å². The van der Waals surface area contributed by atoms with E-state index >= 15 is 0 Å². The van der Waals surface area contributed by atoms with Crippen LogP contribution in [0.3, 0.4) is 0 Å². The van der Waals surface area contributed by atoms with Crippen LogP contribution in [0.25, 0.3) is 11.1 Å². The van der Waals surface area contributed by atoms with Crippen LogP contribution in [0.2, 0.25) is 0 Å². The third-order valence-electron chi connectivity index (χ3n) is 12.9. The summed E-state index contributed by atoms with van der Waals surface area (Å²) in [4.78, 5) is 67.8. The highest BCUT2D eigenvalue weighted by Gasteiger charge is 2.37. The maximum absolute atomic E-state index is 13.4. The number of fused-ring (bicyclic) bond motifs is 5. The second kappa shape index (κ2) is 22.5. The van der Waals surface area contributed by atoms with Gasteiger partial charge in [0.15, 0.2) is 0 Å². The van der Waals surface area contributed by atoms with Crippen LogP contribution in [0.15, 0.2) is 82.0 Å². The molecule has 4 heterocycles. The lowest BCUT2D eigenvalue weighted by molar-refractivity contribution is 0.0117. The number of likely N-dealkylation sites (N-methyl/N-ethyl adjacent to an activating group) is 2. The summed E-state index contributed by atoms with van der Waals surface area (Å²) in [5.74, 6) is 0.352. The van der Waals surface area contributed by atoms with E-state index in [4.69, 9.17) is 18.9 Å². The van der Waals surface area contributed by atoms with Gasteiger partial charge in [0.25, 0.3) is 11.8 Å². The number of nitrogens with zero attached hydrogens (tertiary/aromatic N) is 6. The molecular weight excluding hydrogens is 996 g/mol. The number of hydrogen-bond donors (Lipinski definition) is 0. The number of carbonyl (C=O) groups is 4. The van der Waals surface area contributed by atoms with Crippen LogP contribution in [-0.2, 0) is 9.47 Å². The van der Waals surface area contributed by atoms with Crippen molar-refractivity contribution in [3.63, 3.8) is 0 Å². The maximum atomic E-state index is 13.4. The first-order valence-corrected chi connectivity index (χ1v) is 25.1. The van der Waals surface area contributed by atoms with Gasteiger partial charge in [-0.2, -0.15) is 0 Å². The van der Waals surface area contributed by atoms with Crippen LogP contribution in [-0.4, -0.2) is 130 Å². The molecule has 16 heteroatoms. The Balaban J connectivity index is 0.000000235. The molecule has 0 radical (unpaired) electrons. The Hall–Kier alpha value is -5.22. The number of amides is 4. The molecule has 366 valence electrons. The smallest absolute Gasteiger partial charge is 0.410 e. The Kier molecular flexibility index (Phi) is 17.2. The van der Waals surface area contributed by atoms with Gasteiger partial charge in [0.1, 0.15) is 35.5 Å². The minimum absolute atomic E-state index is 0.00330. The predicted molar refractivity (Wildman–Crippen MR) is 269 cm³/mol. The highest BCUT2D eigenvalue weighted by atomic mass is 79.9. The molecule has 4 amide bonds. The third-order valence-corrected chi connectivity index (χ3v) is 13.8. The lowest BCUT2D eigenvalue weighted by atomic mass is 9.98. The zero-order chi connectivity index (χ0) is 49.6. The standard InChI is InChI=1S/C31H34BrN3O4.C21H32BrN3O4/c1-5-20(3)35-16-19(2)28(39-29-26(30(35)36)14-21(32)15-33-29)17-34(4)31(37)38-18-27-24-12-8-6-10-22(24)23-11-7-9-13-25(23)27;1-8-14(3)25-11-13(2)17(12-24(7)20(27)29-21(4,5)6)28-18-16(19(25)26)9-15(22)10-23-18/h6-15,19-20,27-28H,5,16-18H2,1-4H3;9-10,13-14,17H,8,11-12H2,1-7H3. The normalized spacial score (nSPS) is 19.9. The lowest BCUT2D eigenvalue weighted by Gasteiger charge is -2.38. The molecular formula is C52H66Br2N6O8. The number of benzene rings is 2. The number of rotatable bonds is 10. The molecule has 2 aromatic heterocycles. The van der Waals surface area contributed by atoms with Crippen molar-refractivity contribution in [1.29, 1.82) is 0 Å². The highest BCUT2D eigenvalue weighted by molar-refractivity contribution is 9.10. The average molecular weight is 1060 g/mol. The summed E-state index contributed by atoms with van der Waals surface area (Å²) in [5.41, 5.74) is 5.01. The van der Waals surface area contributed by atoms with Crippen LogP contribution in [0, 0.1) is 11.8 Å². The fourth-order valence-electron chi connectivity index (χ4n) is 8.57. The fraction of sp³-hybridized carbons (Fsp3) is 0.500. The minimum atomic E-state index is -0.570. The summed E-state index contributed by atoms with van der Waals surface area (Å²) in [6.45, 7) is 19.7. The molecule has 3 aliphatic rings. The Bertz CT molecular complexity index is 2400. The summed E-state index contributed by atoms with van der Waals surface area (Å²) >= 11 is 6.82. The SMILES string of the molecule is CCC(C)N1CC(C)C(CN(C)C(=O)OC(C)(C)C)Oc2ncc(Br)cc2C1=O.CCC(C)N1CC(C)C(CN(C)C(=O)OCC2c3ccccc3-c3ccccc32)Oc2ncc(Br)cc2C1=O. The van der Waals surface area contributed by atoms with Gasteiger partial charge < -0.3 is 38.5 Å². The quantitative estimate of drug-likeness (QED) is 0.151. The van der Waals surface area contributed by atoms with Crippen LogP contribution in [0.4, 0.5) is 9.59 Å². The largest absolute Gasteiger partial charge is 0.472 e. The maximum Gasteiger partial charge on any atom is 0.410 e. The minimum Gasteiger partial charge on any atom is -0.472 e.